The summed E-state index contributed by atoms with van der Waals surface area (Å²) in [6.45, 7) is 0. The molecule has 6 heteroatoms. The fourth-order valence-corrected chi connectivity index (χ4v) is 2.91. The average molecular weight is 397 g/mol. The SMILES string of the molecule is [O-][Cl+3]([O-])([O-])[O-].c1ccc(Cc2cc(-c3ccccc3)[o+]c3ccccc23)cc1. The molecular weight excluding hydrogens is 380 g/mol. The van der Waals surface area contributed by atoms with Gasteiger partial charge >= 0.3 is 11.3 Å². The third-order valence-corrected chi connectivity index (χ3v) is 4.05. The molecule has 0 saturated carbocycles. The number of para-hydroxylation sites is 1. The van der Waals surface area contributed by atoms with Gasteiger partial charge in [-0.25, -0.2) is 23.1 Å². The van der Waals surface area contributed by atoms with Crippen LogP contribution in [0.2, 0.25) is 0 Å². The van der Waals surface area contributed by atoms with Crippen molar-refractivity contribution < 1.29 is 33.3 Å². The Bertz CT molecular complexity index is 1020. The summed E-state index contributed by atoms with van der Waals surface area (Å²) in [4.78, 5) is 0. The van der Waals surface area contributed by atoms with Crippen LogP contribution in [0, 0.1) is 10.2 Å². The van der Waals surface area contributed by atoms with Gasteiger partial charge in [0.2, 0.25) is 0 Å². The predicted molar refractivity (Wildman–Crippen MR) is 95.3 cm³/mol. The highest BCUT2D eigenvalue weighted by Crippen LogP contribution is 2.29. The van der Waals surface area contributed by atoms with Gasteiger partial charge in [0.1, 0.15) is 0 Å². The van der Waals surface area contributed by atoms with E-state index in [0.717, 1.165) is 23.3 Å². The molecule has 0 unspecified atom stereocenters. The summed E-state index contributed by atoms with van der Waals surface area (Å²) in [5.74, 6) is 0.912. The largest absolute Gasteiger partial charge is 0.361 e. The molecule has 0 saturated heterocycles. The van der Waals surface area contributed by atoms with Crippen LogP contribution in [0.15, 0.2) is 95.4 Å². The molecule has 0 aliphatic heterocycles. The fraction of sp³-hybridized carbons (Fsp3) is 0.0455. The number of hydrogen-bond donors (Lipinski definition) is 0. The Morgan fingerprint density at radius 2 is 1.21 bits per heavy atom. The number of halogens is 1. The van der Waals surface area contributed by atoms with Crippen molar-refractivity contribution in [3.8, 4) is 11.3 Å². The lowest BCUT2D eigenvalue weighted by molar-refractivity contribution is -2.00. The van der Waals surface area contributed by atoms with Crippen molar-refractivity contribution in [1.82, 2.24) is 0 Å². The van der Waals surface area contributed by atoms with Crippen LogP contribution >= 0.6 is 0 Å². The number of rotatable bonds is 3. The molecule has 28 heavy (non-hydrogen) atoms. The maximum atomic E-state index is 8.49. The molecule has 0 amide bonds. The van der Waals surface area contributed by atoms with E-state index < -0.39 is 10.2 Å². The highest BCUT2D eigenvalue weighted by atomic mass is 35.7. The minimum Gasteiger partial charge on any atom is -0.222 e. The van der Waals surface area contributed by atoms with Crippen LogP contribution in [-0.2, 0) is 6.42 Å². The van der Waals surface area contributed by atoms with E-state index in [4.69, 9.17) is 23.1 Å². The fourth-order valence-electron chi connectivity index (χ4n) is 2.91. The van der Waals surface area contributed by atoms with Crippen molar-refractivity contribution in [3.05, 3.63) is 102 Å². The first-order valence-corrected chi connectivity index (χ1v) is 9.69. The van der Waals surface area contributed by atoms with Crippen LogP contribution in [0.5, 0.6) is 0 Å². The molecular formula is C22H17ClO5. The zero-order valence-corrected chi connectivity index (χ0v) is 15.5. The lowest BCUT2D eigenvalue weighted by atomic mass is 10.00. The van der Waals surface area contributed by atoms with Crippen molar-refractivity contribution >= 4 is 11.0 Å². The molecule has 1 heterocycles. The van der Waals surface area contributed by atoms with Gasteiger partial charge in [0.05, 0.1) is 10.9 Å². The highest BCUT2D eigenvalue weighted by molar-refractivity contribution is 5.83. The molecule has 3 aromatic carbocycles. The lowest BCUT2D eigenvalue weighted by Gasteiger charge is -2.17. The molecule has 4 rings (SSSR count). The molecule has 4 aromatic rings. The van der Waals surface area contributed by atoms with E-state index in [9.17, 15) is 0 Å². The van der Waals surface area contributed by atoms with Crippen LogP contribution in [-0.4, -0.2) is 0 Å². The Morgan fingerprint density at radius 1 is 0.679 bits per heavy atom. The molecule has 1 aromatic heterocycles. The molecule has 0 spiro atoms. The summed E-state index contributed by atoms with van der Waals surface area (Å²) < 4.78 is 40.1. The third-order valence-electron chi connectivity index (χ3n) is 4.05. The van der Waals surface area contributed by atoms with Gasteiger partial charge in [-0.2, -0.15) is 0 Å². The Hall–Kier alpha value is -2.80. The predicted octanol–water partition coefficient (Wildman–Crippen LogP) is 1.22. The highest BCUT2D eigenvalue weighted by Gasteiger charge is 2.18. The minimum atomic E-state index is -4.94. The summed E-state index contributed by atoms with van der Waals surface area (Å²) in [6.07, 6.45) is 0.900. The van der Waals surface area contributed by atoms with Crippen molar-refractivity contribution in [3.63, 3.8) is 0 Å². The van der Waals surface area contributed by atoms with Gasteiger partial charge in [0.25, 0.3) is 0 Å². The van der Waals surface area contributed by atoms with E-state index in [-0.39, 0.29) is 0 Å². The second-order valence-electron chi connectivity index (χ2n) is 6.04. The van der Waals surface area contributed by atoms with Gasteiger partial charge in [-0.3, -0.25) is 0 Å². The summed E-state index contributed by atoms with van der Waals surface area (Å²) in [5, 5.41) is 1.18. The summed E-state index contributed by atoms with van der Waals surface area (Å²) in [7, 11) is -4.94. The van der Waals surface area contributed by atoms with Crippen molar-refractivity contribution in [1.29, 1.82) is 0 Å². The van der Waals surface area contributed by atoms with E-state index >= 15 is 0 Å². The van der Waals surface area contributed by atoms with Crippen LogP contribution < -0.4 is 18.6 Å². The normalized spacial score (nSPS) is 11.0. The average Bonchev–Trinajstić information content (AvgIpc) is 2.68. The van der Waals surface area contributed by atoms with E-state index in [0.29, 0.717) is 0 Å². The first kappa shape index (κ1) is 19.9. The summed E-state index contributed by atoms with van der Waals surface area (Å²) in [5.41, 5.74) is 4.63. The second-order valence-corrected chi connectivity index (χ2v) is 6.79. The monoisotopic (exact) mass is 396 g/mol. The Morgan fingerprint density at radius 3 is 1.86 bits per heavy atom. The Kier molecular flexibility index (Phi) is 6.36. The van der Waals surface area contributed by atoms with Gasteiger partial charge in [-0.1, -0.05) is 60.7 Å². The number of fused-ring (bicyclic) bond motifs is 1. The molecule has 5 nitrogen and oxygen atoms in total. The summed E-state index contributed by atoms with van der Waals surface area (Å²) >= 11 is 0. The van der Waals surface area contributed by atoms with E-state index in [1.165, 1.54) is 16.5 Å². The van der Waals surface area contributed by atoms with Crippen LogP contribution in [0.1, 0.15) is 11.1 Å². The number of hydrogen-bond acceptors (Lipinski definition) is 4. The maximum absolute atomic E-state index is 8.49. The zero-order chi connectivity index (χ0) is 20.0. The molecule has 0 aliphatic rings. The molecule has 0 bridgehead atoms. The Labute approximate surface area is 164 Å². The molecule has 142 valence electrons. The maximum Gasteiger partial charge on any atom is 0.361 e. The van der Waals surface area contributed by atoms with E-state index in [2.05, 4.69) is 60.7 Å². The smallest absolute Gasteiger partial charge is 0.222 e. The second kappa shape index (κ2) is 8.93. The lowest BCUT2D eigenvalue weighted by Crippen LogP contribution is -2.68. The molecule has 0 atom stereocenters. The van der Waals surface area contributed by atoms with Crippen LogP contribution in [0.4, 0.5) is 0 Å². The quantitative estimate of drug-likeness (QED) is 0.484. The van der Waals surface area contributed by atoms with Crippen LogP contribution in [0.3, 0.4) is 0 Å². The minimum absolute atomic E-state index is 0.900. The van der Waals surface area contributed by atoms with E-state index in [1.54, 1.807) is 0 Å². The molecule has 0 N–H and O–H groups in total. The van der Waals surface area contributed by atoms with Crippen molar-refractivity contribution in [2.24, 2.45) is 0 Å². The third kappa shape index (κ3) is 5.85. The molecule has 0 fully saturated rings. The van der Waals surface area contributed by atoms with Gasteiger partial charge in [-0.05, 0) is 35.7 Å². The standard InChI is InChI=1S/C22H17O.ClHO4/c1-3-9-17(10-4-1)15-19-16-22(18-11-5-2-6-12-18)23-21-14-8-7-13-20(19)21;2-1(3,4)5/h1-14,16H,15H2;(H,2,3,4,5)/q+1;/p-1. The summed E-state index contributed by atoms with van der Waals surface area (Å²) in [6, 6.07) is 31.3. The molecule has 0 radical (unpaired) electrons. The Balaban J connectivity index is 0.000000403. The zero-order valence-electron chi connectivity index (χ0n) is 14.8. The first-order valence-electron chi connectivity index (χ1n) is 8.46. The van der Waals surface area contributed by atoms with Gasteiger partial charge in [0.15, 0.2) is 0 Å². The number of benzene rings is 3. The first-order chi connectivity index (χ1) is 13.4. The van der Waals surface area contributed by atoms with Crippen LogP contribution in [0.25, 0.3) is 22.3 Å². The van der Waals surface area contributed by atoms with Crippen molar-refractivity contribution in [2.45, 2.75) is 6.42 Å². The van der Waals surface area contributed by atoms with Gasteiger partial charge in [-0.15, -0.1) is 10.2 Å². The van der Waals surface area contributed by atoms with Crippen molar-refractivity contribution in [2.75, 3.05) is 0 Å². The van der Waals surface area contributed by atoms with Gasteiger partial charge in [0, 0.05) is 12.1 Å². The van der Waals surface area contributed by atoms with Gasteiger partial charge < -0.3 is 0 Å². The molecule has 0 aliphatic carbocycles. The van der Waals surface area contributed by atoms with E-state index in [1.807, 2.05) is 30.3 Å². The topological polar surface area (TPSA) is 104 Å².